The van der Waals surface area contributed by atoms with Gasteiger partial charge in [-0.2, -0.15) is 5.10 Å². The maximum absolute atomic E-state index is 5.05. The van der Waals surface area contributed by atoms with Gasteiger partial charge in [-0.15, -0.1) is 0 Å². The number of anilines is 1. The third-order valence-corrected chi connectivity index (χ3v) is 3.89. The Morgan fingerprint density at radius 2 is 2.39 bits per heavy atom. The smallest absolute Gasteiger partial charge is 0.0728 e. The molecule has 1 heterocycles. The van der Waals surface area contributed by atoms with E-state index in [0.717, 1.165) is 18.2 Å². The Labute approximate surface area is 110 Å². The van der Waals surface area contributed by atoms with Crippen LogP contribution in [0.5, 0.6) is 0 Å². The molecule has 2 rings (SSSR count). The molecular weight excluding hydrogens is 226 g/mol. The summed E-state index contributed by atoms with van der Waals surface area (Å²) >= 11 is 0. The summed E-state index contributed by atoms with van der Waals surface area (Å²) in [6.07, 6.45) is 10.7. The van der Waals surface area contributed by atoms with Crippen LogP contribution in [0.2, 0.25) is 0 Å². The van der Waals surface area contributed by atoms with Crippen molar-refractivity contribution in [1.82, 2.24) is 9.78 Å². The summed E-state index contributed by atoms with van der Waals surface area (Å²) in [6, 6.07) is 0.628. The first-order valence-corrected chi connectivity index (χ1v) is 7.09. The zero-order chi connectivity index (χ0) is 12.8. The van der Waals surface area contributed by atoms with E-state index < -0.39 is 0 Å². The van der Waals surface area contributed by atoms with Gasteiger partial charge in [-0.05, 0) is 18.8 Å². The molecule has 1 N–H and O–H groups in total. The third-order valence-electron chi connectivity index (χ3n) is 3.89. The van der Waals surface area contributed by atoms with Gasteiger partial charge in [-0.1, -0.05) is 26.2 Å². The first kappa shape index (κ1) is 13.4. The molecule has 18 heavy (non-hydrogen) atoms. The molecule has 1 saturated carbocycles. The molecule has 0 spiro atoms. The van der Waals surface area contributed by atoms with Crippen LogP contribution >= 0.6 is 0 Å². The van der Waals surface area contributed by atoms with Crippen molar-refractivity contribution in [1.29, 1.82) is 0 Å². The van der Waals surface area contributed by atoms with Crippen LogP contribution in [0.3, 0.4) is 0 Å². The summed E-state index contributed by atoms with van der Waals surface area (Å²) in [6.45, 7) is 3.83. The average Bonchev–Trinajstić information content (AvgIpc) is 2.84. The monoisotopic (exact) mass is 251 g/mol. The van der Waals surface area contributed by atoms with Gasteiger partial charge in [0.25, 0.3) is 0 Å². The molecule has 1 aromatic heterocycles. The van der Waals surface area contributed by atoms with Gasteiger partial charge in [0.15, 0.2) is 0 Å². The molecule has 1 fully saturated rings. The minimum Gasteiger partial charge on any atom is -0.383 e. The normalized spacial score (nSPS) is 24.1. The van der Waals surface area contributed by atoms with E-state index in [9.17, 15) is 0 Å². The van der Waals surface area contributed by atoms with E-state index in [4.69, 9.17) is 4.74 Å². The SMILES string of the molecule is CCC1CCCC(Nc2cnn(CCOC)c2)C1. The van der Waals surface area contributed by atoms with Crippen molar-refractivity contribution in [2.75, 3.05) is 19.0 Å². The van der Waals surface area contributed by atoms with Gasteiger partial charge in [0.05, 0.1) is 25.0 Å². The van der Waals surface area contributed by atoms with Crippen LogP contribution in [-0.2, 0) is 11.3 Å². The molecule has 0 aliphatic heterocycles. The van der Waals surface area contributed by atoms with Gasteiger partial charge in [0, 0.05) is 19.3 Å². The average molecular weight is 251 g/mol. The van der Waals surface area contributed by atoms with E-state index in [1.165, 1.54) is 32.1 Å². The van der Waals surface area contributed by atoms with E-state index in [0.29, 0.717) is 12.6 Å². The number of hydrogen-bond donors (Lipinski definition) is 1. The lowest BCUT2D eigenvalue weighted by Crippen LogP contribution is -2.26. The molecule has 1 aliphatic rings. The highest BCUT2D eigenvalue weighted by atomic mass is 16.5. The fourth-order valence-corrected chi connectivity index (χ4v) is 2.77. The summed E-state index contributed by atoms with van der Waals surface area (Å²) in [5, 5.41) is 7.95. The van der Waals surface area contributed by atoms with Crippen LogP contribution in [0.25, 0.3) is 0 Å². The largest absolute Gasteiger partial charge is 0.383 e. The molecule has 102 valence electrons. The molecule has 0 saturated heterocycles. The van der Waals surface area contributed by atoms with Crippen molar-refractivity contribution < 1.29 is 4.74 Å². The fourth-order valence-electron chi connectivity index (χ4n) is 2.77. The summed E-state index contributed by atoms with van der Waals surface area (Å²) in [4.78, 5) is 0. The Balaban J connectivity index is 1.83. The van der Waals surface area contributed by atoms with Crippen molar-refractivity contribution in [3.05, 3.63) is 12.4 Å². The number of methoxy groups -OCH3 is 1. The maximum atomic E-state index is 5.05. The molecule has 2 unspecified atom stereocenters. The first-order chi connectivity index (χ1) is 8.81. The van der Waals surface area contributed by atoms with Gasteiger partial charge < -0.3 is 10.1 Å². The summed E-state index contributed by atoms with van der Waals surface area (Å²) in [5.74, 6) is 0.903. The second kappa shape index (κ2) is 6.78. The topological polar surface area (TPSA) is 39.1 Å². The van der Waals surface area contributed by atoms with Crippen molar-refractivity contribution in [2.24, 2.45) is 5.92 Å². The minimum absolute atomic E-state index is 0.628. The number of aromatic nitrogens is 2. The number of rotatable bonds is 6. The second-order valence-corrected chi connectivity index (χ2v) is 5.27. The number of nitrogens with zero attached hydrogens (tertiary/aromatic N) is 2. The van der Waals surface area contributed by atoms with Crippen molar-refractivity contribution in [2.45, 2.75) is 51.6 Å². The molecule has 1 aliphatic carbocycles. The van der Waals surface area contributed by atoms with Crippen LogP contribution in [0.1, 0.15) is 39.0 Å². The van der Waals surface area contributed by atoms with Gasteiger partial charge in [-0.25, -0.2) is 0 Å². The molecule has 0 amide bonds. The molecule has 0 bridgehead atoms. The van der Waals surface area contributed by atoms with E-state index in [-0.39, 0.29) is 0 Å². The molecule has 0 radical (unpaired) electrons. The zero-order valence-corrected chi connectivity index (χ0v) is 11.6. The van der Waals surface area contributed by atoms with Crippen LogP contribution in [-0.4, -0.2) is 29.5 Å². The fraction of sp³-hybridized carbons (Fsp3) is 0.786. The van der Waals surface area contributed by atoms with Crippen molar-refractivity contribution in [3.63, 3.8) is 0 Å². The number of ether oxygens (including phenoxy) is 1. The molecule has 4 nitrogen and oxygen atoms in total. The highest BCUT2D eigenvalue weighted by Crippen LogP contribution is 2.28. The molecule has 2 atom stereocenters. The van der Waals surface area contributed by atoms with E-state index in [2.05, 4.69) is 23.5 Å². The van der Waals surface area contributed by atoms with Crippen molar-refractivity contribution in [3.8, 4) is 0 Å². The standard InChI is InChI=1S/C14H25N3O/c1-3-12-5-4-6-13(9-12)16-14-10-15-17(11-14)7-8-18-2/h10-13,16H,3-9H2,1-2H3. The summed E-state index contributed by atoms with van der Waals surface area (Å²) < 4.78 is 6.99. The maximum Gasteiger partial charge on any atom is 0.0728 e. The minimum atomic E-state index is 0.628. The van der Waals surface area contributed by atoms with Crippen LogP contribution in [0, 0.1) is 5.92 Å². The number of nitrogens with one attached hydrogen (secondary N) is 1. The Morgan fingerprint density at radius 1 is 1.50 bits per heavy atom. The first-order valence-electron chi connectivity index (χ1n) is 7.09. The Hall–Kier alpha value is -1.03. The Bertz CT molecular complexity index is 351. The van der Waals surface area contributed by atoms with Gasteiger partial charge >= 0.3 is 0 Å². The van der Waals surface area contributed by atoms with E-state index in [1.807, 2.05) is 10.9 Å². The lowest BCUT2D eigenvalue weighted by molar-refractivity contribution is 0.183. The third kappa shape index (κ3) is 3.73. The Kier molecular flexibility index (Phi) is 5.05. The van der Waals surface area contributed by atoms with E-state index >= 15 is 0 Å². The molecular formula is C14H25N3O. The van der Waals surface area contributed by atoms with Gasteiger partial charge in [0.1, 0.15) is 0 Å². The second-order valence-electron chi connectivity index (χ2n) is 5.27. The van der Waals surface area contributed by atoms with Gasteiger partial charge in [0.2, 0.25) is 0 Å². The highest BCUT2D eigenvalue weighted by molar-refractivity contribution is 5.39. The molecule has 1 aromatic rings. The quantitative estimate of drug-likeness (QED) is 0.845. The lowest BCUT2D eigenvalue weighted by atomic mass is 9.84. The zero-order valence-electron chi connectivity index (χ0n) is 11.6. The van der Waals surface area contributed by atoms with E-state index in [1.54, 1.807) is 7.11 Å². The summed E-state index contributed by atoms with van der Waals surface area (Å²) in [7, 11) is 1.72. The molecule has 4 heteroatoms. The summed E-state index contributed by atoms with van der Waals surface area (Å²) in [5.41, 5.74) is 1.15. The predicted octanol–water partition coefficient (Wildman–Crippen LogP) is 2.91. The van der Waals surface area contributed by atoms with Crippen molar-refractivity contribution >= 4 is 5.69 Å². The highest BCUT2D eigenvalue weighted by Gasteiger charge is 2.20. The van der Waals surface area contributed by atoms with Crippen LogP contribution < -0.4 is 5.32 Å². The number of hydrogen-bond acceptors (Lipinski definition) is 3. The molecule has 0 aromatic carbocycles. The van der Waals surface area contributed by atoms with Crippen LogP contribution in [0.15, 0.2) is 12.4 Å². The Morgan fingerprint density at radius 3 is 3.17 bits per heavy atom. The predicted molar refractivity (Wildman–Crippen MR) is 73.8 cm³/mol. The van der Waals surface area contributed by atoms with Gasteiger partial charge in [-0.3, -0.25) is 4.68 Å². The van der Waals surface area contributed by atoms with Crippen LogP contribution in [0.4, 0.5) is 5.69 Å². The lowest BCUT2D eigenvalue weighted by Gasteiger charge is -2.29.